The second-order valence-electron chi connectivity index (χ2n) is 4.38. The van der Waals surface area contributed by atoms with Crippen LogP contribution in [0.15, 0.2) is 24.3 Å². The third-order valence-electron chi connectivity index (χ3n) is 2.63. The largest absolute Gasteiger partial charge is 0.326 e. The lowest BCUT2D eigenvalue weighted by molar-refractivity contribution is -0.130. The van der Waals surface area contributed by atoms with Crippen LogP contribution in [0, 0.1) is 0 Å². The minimum absolute atomic E-state index is 0.0165. The van der Waals surface area contributed by atoms with Gasteiger partial charge in [0.15, 0.2) is 0 Å². The fourth-order valence-corrected chi connectivity index (χ4v) is 2.70. The van der Waals surface area contributed by atoms with E-state index in [9.17, 15) is 14.4 Å². The lowest BCUT2D eigenvalue weighted by Crippen LogP contribution is -2.34. The standard InChI is InChI=1S/C13H15N3O3S/c1-9(17)14-10-3-2-4-11(5-10)15-12(18)6-16-8-20-7-13(16)19/h2-5H,6-8H2,1H3,(H,14,17)(H,15,18). The van der Waals surface area contributed by atoms with Crippen molar-refractivity contribution >= 4 is 40.9 Å². The van der Waals surface area contributed by atoms with Gasteiger partial charge in [-0.2, -0.15) is 0 Å². The molecule has 0 radical (unpaired) electrons. The Bertz CT molecular complexity index is 547. The number of anilines is 2. The molecule has 1 heterocycles. The van der Waals surface area contributed by atoms with Crippen LogP contribution in [0.25, 0.3) is 0 Å². The minimum atomic E-state index is -0.249. The van der Waals surface area contributed by atoms with Gasteiger partial charge in [0.05, 0.1) is 11.6 Å². The number of hydrogen-bond donors (Lipinski definition) is 2. The van der Waals surface area contributed by atoms with Crippen LogP contribution in [0.1, 0.15) is 6.92 Å². The molecule has 1 aromatic rings. The summed E-state index contributed by atoms with van der Waals surface area (Å²) in [4.78, 5) is 35.7. The summed E-state index contributed by atoms with van der Waals surface area (Å²) in [6.07, 6.45) is 0. The molecule has 6 nitrogen and oxygen atoms in total. The molecule has 106 valence electrons. The molecule has 20 heavy (non-hydrogen) atoms. The predicted octanol–water partition coefficient (Wildman–Crippen LogP) is 1.12. The van der Waals surface area contributed by atoms with E-state index in [1.165, 1.54) is 23.6 Å². The summed E-state index contributed by atoms with van der Waals surface area (Å²) in [5.74, 6) is 0.551. The van der Waals surface area contributed by atoms with Crippen molar-refractivity contribution in [3.05, 3.63) is 24.3 Å². The molecule has 2 N–H and O–H groups in total. The summed E-state index contributed by atoms with van der Waals surface area (Å²) in [7, 11) is 0. The Hall–Kier alpha value is -2.02. The predicted molar refractivity (Wildman–Crippen MR) is 78.4 cm³/mol. The van der Waals surface area contributed by atoms with Gasteiger partial charge in [0.2, 0.25) is 17.7 Å². The molecule has 7 heteroatoms. The lowest BCUT2D eigenvalue weighted by Gasteiger charge is -2.14. The maximum Gasteiger partial charge on any atom is 0.244 e. The van der Waals surface area contributed by atoms with Crippen molar-refractivity contribution in [2.24, 2.45) is 0 Å². The molecule has 0 atom stereocenters. The van der Waals surface area contributed by atoms with Crippen molar-refractivity contribution in [2.75, 3.05) is 28.8 Å². The van der Waals surface area contributed by atoms with Gasteiger partial charge in [-0.1, -0.05) is 6.07 Å². The highest BCUT2D eigenvalue weighted by molar-refractivity contribution is 8.00. The number of carbonyl (C=O) groups excluding carboxylic acids is 3. The molecule has 0 saturated carbocycles. The van der Waals surface area contributed by atoms with Crippen LogP contribution in [-0.4, -0.2) is 40.8 Å². The Kier molecular flexibility index (Phi) is 4.62. The highest BCUT2D eigenvalue weighted by Gasteiger charge is 2.22. The Morgan fingerprint density at radius 1 is 1.30 bits per heavy atom. The zero-order valence-electron chi connectivity index (χ0n) is 11.0. The average Bonchev–Trinajstić information content (AvgIpc) is 2.74. The first-order chi connectivity index (χ1) is 9.54. The van der Waals surface area contributed by atoms with E-state index in [1.54, 1.807) is 24.3 Å². The molecular formula is C13H15N3O3S. The molecule has 0 unspecified atom stereocenters. The zero-order valence-corrected chi connectivity index (χ0v) is 11.8. The van der Waals surface area contributed by atoms with Gasteiger partial charge in [-0.3, -0.25) is 14.4 Å². The molecule has 1 aliphatic rings. The van der Waals surface area contributed by atoms with Crippen molar-refractivity contribution in [1.29, 1.82) is 0 Å². The second-order valence-corrected chi connectivity index (χ2v) is 5.33. The highest BCUT2D eigenvalue weighted by Crippen LogP contribution is 2.17. The molecule has 2 rings (SSSR count). The normalized spacial score (nSPS) is 14.2. The molecule has 1 saturated heterocycles. The van der Waals surface area contributed by atoms with Gasteiger partial charge in [0, 0.05) is 18.3 Å². The fourth-order valence-electron chi connectivity index (χ4n) is 1.79. The average molecular weight is 293 g/mol. The highest BCUT2D eigenvalue weighted by atomic mass is 32.2. The molecule has 0 bridgehead atoms. The maximum atomic E-state index is 11.8. The number of nitrogens with zero attached hydrogens (tertiary/aromatic N) is 1. The Labute approximate surface area is 120 Å². The molecular weight excluding hydrogens is 278 g/mol. The number of nitrogens with one attached hydrogen (secondary N) is 2. The van der Waals surface area contributed by atoms with E-state index in [4.69, 9.17) is 0 Å². The summed E-state index contributed by atoms with van der Waals surface area (Å²) in [5.41, 5.74) is 1.20. The van der Waals surface area contributed by atoms with Gasteiger partial charge in [-0.25, -0.2) is 0 Å². The Morgan fingerprint density at radius 2 is 2.00 bits per heavy atom. The summed E-state index contributed by atoms with van der Waals surface area (Å²) in [5, 5.41) is 5.35. The van der Waals surface area contributed by atoms with Crippen LogP contribution in [-0.2, 0) is 14.4 Å². The van der Waals surface area contributed by atoms with Gasteiger partial charge in [-0.05, 0) is 18.2 Å². The zero-order chi connectivity index (χ0) is 14.5. The van der Waals surface area contributed by atoms with E-state index in [0.29, 0.717) is 23.0 Å². The van der Waals surface area contributed by atoms with Crippen molar-refractivity contribution < 1.29 is 14.4 Å². The van der Waals surface area contributed by atoms with Gasteiger partial charge in [0.25, 0.3) is 0 Å². The van der Waals surface area contributed by atoms with E-state index in [0.717, 1.165) is 0 Å². The van der Waals surface area contributed by atoms with E-state index >= 15 is 0 Å². The third kappa shape index (κ3) is 3.99. The number of carbonyl (C=O) groups is 3. The number of hydrogen-bond acceptors (Lipinski definition) is 4. The molecule has 0 aliphatic carbocycles. The summed E-state index contributed by atoms with van der Waals surface area (Å²) in [6.45, 7) is 1.47. The molecule has 0 aromatic heterocycles. The van der Waals surface area contributed by atoms with E-state index < -0.39 is 0 Å². The van der Waals surface area contributed by atoms with Crippen molar-refractivity contribution in [3.8, 4) is 0 Å². The van der Waals surface area contributed by atoms with Crippen molar-refractivity contribution in [3.63, 3.8) is 0 Å². The second kappa shape index (κ2) is 6.42. The molecule has 1 aromatic carbocycles. The number of amides is 3. The summed E-state index contributed by atoms with van der Waals surface area (Å²) < 4.78 is 0. The van der Waals surface area contributed by atoms with Crippen LogP contribution in [0.3, 0.4) is 0 Å². The van der Waals surface area contributed by atoms with Crippen LogP contribution in [0.4, 0.5) is 11.4 Å². The fraction of sp³-hybridized carbons (Fsp3) is 0.308. The molecule has 0 spiro atoms. The SMILES string of the molecule is CC(=O)Nc1cccc(NC(=O)CN2CSCC2=O)c1. The monoisotopic (exact) mass is 293 g/mol. The maximum absolute atomic E-state index is 11.8. The van der Waals surface area contributed by atoms with E-state index in [1.807, 2.05) is 0 Å². The number of rotatable bonds is 4. The first kappa shape index (κ1) is 14.4. The molecule has 1 fully saturated rings. The van der Waals surface area contributed by atoms with Gasteiger partial charge >= 0.3 is 0 Å². The number of benzene rings is 1. The van der Waals surface area contributed by atoms with E-state index in [-0.39, 0.29) is 24.3 Å². The van der Waals surface area contributed by atoms with Crippen LogP contribution in [0.5, 0.6) is 0 Å². The Balaban J connectivity index is 1.93. The van der Waals surface area contributed by atoms with Gasteiger partial charge < -0.3 is 15.5 Å². The molecule has 3 amide bonds. The summed E-state index contributed by atoms with van der Waals surface area (Å²) in [6, 6.07) is 6.86. The van der Waals surface area contributed by atoms with Crippen LogP contribution in [0.2, 0.25) is 0 Å². The first-order valence-electron chi connectivity index (χ1n) is 6.07. The first-order valence-corrected chi connectivity index (χ1v) is 7.23. The van der Waals surface area contributed by atoms with Crippen molar-refractivity contribution in [1.82, 2.24) is 4.90 Å². The van der Waals surface area contributed by atoms with E-state index in [2.05, 4.69) is 10.6 Å². The minimum Gasteiger partial charge on any atom is -0.326 e. The van der Waals surface area contributed by atoms with Gasteiger partial charge in [0.1, 0.15) is 6.54 Å². The molecule has 1 aliphatic heterocycles. The smallest absolute Gasteiger partial charge is 0.244 e. The number of thioether (sulfide) groups is 1. The summed E-state index contributed by atoms with van der Waals surface area (Å²) >= 11 is 1.50. The van der Waals surface area contributed by atoms with Crippen LogP contribution < -0.4 is 10.6 Å². The third-order valence-corrected chi connectivity index (χ3v) is 3.57. The van der Waals surface area contributed by atoms with Crippen molar-refractivity contribution in [2.45, 2.75) is 6.92 Å². The van der Waals surface area contributed by atoms with Gasteiger partial charge in [-0.15, -0.1) is 11.8 Å². The quantitative estimate of drug-likeness (QED) is 0.872. The lowest BCUT2D eigenvalue weighted by atomic mass is 10.2. The van der Waals surface area contributed by atoms with Crippen LogP contribution >= 0.6 is 11.8 Å². The Morgan fingerprint density at radius 3 is 2.60 bits per heavy atom. The topological polar surface area (TPSA) is 78.5 Å².